The minimum atomic E-state index is -0.838. The van der Waals surface area contributed by atoms with Crippen LogP contribution in [-0.4, -0.2) is 37.7 Å². The minimum Gasteiger partial charge on any atom is -0.480 e. The highest BCUT2D eigenvalue weighted by Crippen LogP contribution is 2.31. The zero-order valence-corrected chi connectivity index (χ0v) is 12.4. The van der Waals surface area contributed by atoms with Gasteiger partial charge in [0, 0.05) is 29.4 Å². The van der Waals surface area contributed by atoms with Gasteiger partial charge in [-0.1, -0.05) is 6.92 Å². The lowest BCUT2D eigenvalue weighted by Gasteiger charge is -2.29. The molecule has 1 aromatic rings. The molecule has 6 heteroatoms. The zero-order valence-electron chi connectivity index (χ0n) is 11.6. The van der Waals surface area contributed by atoms with E-state index in [1.165, 1.54) is 0 Å². The Morgan fingerprint density at radius 3 is 2.89 bits per heavy atom. The molecule has 0 saturated heterocycles. The number of aromatic nitrogens is 2. The average Bonchev–Trinajstić information content (AvgIpc) is 3.00. The number of thioether (sulfide) groups is 1. The number of carboxylic acids is 1. The second-order valence-corrected chi connectivity index (χ2v) is 7.05. The van der Waals surface area contributed by atoms with E-state index in [1.807, 2.05) is 19.4 Å². The SMILES string of the molecule is CC(CC(C)(NC1CC1)C(=O)O)Sc1cnn(C)c1. The van der Waals surface area contributed by atoms with Gasteiger partial charge in [-0.2, -0.15) is 5.10 Å². The fourth-order valence-electron chi connectivity index (χ4n) is 2.19. The Morgan fingerprint density at radius 1 is 1.74 bits per heavy atom. The number of carbonyl (C=O) groups is 1. The molecule has 5 nitrogen and oxygen atoms in total. The maximum Gasteiger partial charge on any atom is 0.323 e. The van der Waals surface area contributed by atoms with Gasteiger partial charge < -0.3 is 5.11 Å². The molecule has 0 aromatic carbocycles. The van der Waals surface area contributed by atoms with Crippen molar-refractivity contribution in [3.05, 3.63) is 12.4 Å². The molecular formula is C13H21N3O2S. The van der Waals surface area contributed by atoms with E-state index in [1.54, 1.807) is 23.4 Å². The zero-order chi connectivity index (χ0) is 14.0. The van der Waals surface area contributed by atoms with Crippen molar-refractivity contribution in [2.24, 2.45) is 7.05 Å². The van der Waals surface area contributed by atoms with Crippen LogP contribution in [-0.2, 0) is 11.8 Å². The summed E-state index contributed by atoms with van der Waals surface area (Å²) in [6.45, 7) is 3.85. The number of nitrogens with one attached hydrogen (secondary N) is 1. The van der Waals surface area contributed by atoms with E-state index in [4.69, 9.17) is 0 Å². The molecular weight excluding hydrogens is 262 g/mol. The second-order valence-electron chi connectivity index (χ2n) is 5.54. The van der Waals surface area contributed by atoms with Gasteiger partial charge >= 0.3 is 5.97 Å². The number of carboxylic acid groups (broad SMARTS) is 1. The van der Waals surface area contributed by atoms with E-state index in [0.29, 0.717) is 12.5 Å². The molecule has 0 bridgehead atoms. The molecule has 2 rings (SSSR count). The molecule has 0 radical (unpaired) electrons. The van der Waals surface area contributed by atoms with Crippen molar-refractivity contribution in [1.82, 2.24) is 15.1 Å². The van der Waals surface area contributed by atoms with Crippen LogP contribution in [0.5, 0.6) is 0 Å². The minimum absolute atomic E-state index is 0.219. The number of hydrogen-bond acceptors (Lipinski definition) is 4. The lowest BCUT2D eigenvalue weighted by atomic mass is 9.96. The molecule has 0 amide bonds. The predicted molar refractivity (Wildman–Crippen MR) is 75.3 cm³/mol. The van der Waals surface area contributed by atoms with Gasteiger partial charge in [0.1, 0.15) is 5.54 Å². The lowest BCUT2D eigenvalue weighted by Crippen LogP contribution is -2.51. The summed E-state index contributed by atoms with van der Waals surface area (Å²) in [5, 5.41) is 17.0. The summed E-state index contributed by atoms with van der Waals surface area (Å²) >= 11 is 1.67. The highest BCUT2D eigenvalue weighted by molar-refractivity contribution is 7.99. The van der Waals surface area contributed by atoms with Crippen molar-refractivity contribution >= 4 is 17.7 Å². The van der Waals surface area contributed by atoms with Crippen LogP contribution in [0.3, 0.4) is 0 Å². The first-order chi connectivity index (χ1) is 8.89. The van der Waals surface area contributed by atoms with Crippen LogP contribution >= 0.6 is 11.8 Å². The molecule has 19 heavy (non-hydrogen) atoms. The Balaban J connectivity index is 1.94. The normalized spacial score (nSPS) is 19.9. The number of nitrogens with zero attached hydrogens (tertiary/aromatic N) is 2. The van der Waals surface area contributed by atoms with Gasteiger partial charge in [-0.3, -0.25) is 14.8 Å². The van der Waals surface area contributed by atoms with Crippen LogP contribution in [0.4, 0.5) is 0 Å². The Bertz CT molecular complexity index is 458. The molecule has 2 N–H and O–H groups in total. The molecule has 106 valence electrons. The monoisotopic (exact) mass is 283 g/mol. The van der Waals surface area contributed by atoms with Crippen molar-refractivity contribution in [2.45, 2.75) is 54.8 Å². The maximum absolute atomic E-state index is 11.5. The van der Waals surface area contributed by atoms with Crippen molar-refractivity contribution in [3.8, 4) is 0 Å². The molecule has 1 fully saturated rings. The van der Waals surface area contributed by atoms with Crippen LogP contribution in [0.1, 0.15) is 33.1 Å². The number of aliphatic carboxylic acids is 1. The molecule has 1 aliphatic rings. The second kappa shape index (κ2) is 5.54. The first-order valence-electron chi connectivity index (χ1n) is 6.55. The fourth-order valence-corrected chi connectivity index (χ4v) is 3.40. The van der Waals surface area contributed by atoms with Crippen molar-refractivity contribution in [3.63, 3.8) is 0 Å². The topological polar surface area (TPSA) is 67.2 Å². The van der Waals surface area contributed by atoms with E-state index in [-0.39, 0.29) is 5.25 Å². The largest absolute Gasteiger partial charge is 0.480 e. The molecule has 0 spiro atoms. The number of rotatable bonds is 7. The summed E-state index contributed by atoms with van der Waals surface area (Å²) in [4.78, 5) is 12.6. The highest BCUT2D eigenvalue weighted by atomic mass is 32.2. The van der Waals surface area contributed by atoms with E-state index >= 15 is 0 Å². The third-order valence-corrected chi connectivity index (χ3v) is 4.34. The number of hydrogen-bond donors (Lipinski definition) is 2. The summed E-state index contributed by atoms with van der Waals surface area (Å²) in [6, 6.07) is 0.386. The third kappa shape index (κ3) is 3.98. The fraction of sp³-hybridized carbons (Fsp3) is 0.692. The van der Waals surface area contributed by atoms with Crippen LogP contribution in [0.25, 0.3) is 0 Å². The highest BCUT2D eigenvalue weighted by Gasteiger charge is 2.39. The molecule has 1 aromatic heterocycles. The van der Waals surface area contributed by atoms with E-state index in [2.05, 4.69) is 17.3 Å². The quantitative estimate of drug-likeness (QED) is 0.748. The van der Waals surface area contributed by atoms with Crippen LogP contribution in [0.2, 0.25) is 0 Å². The molecule has 1 saturated carbocycles. The van der Waals surface area contributed by atoms with Crippen molar-refractivity contribution in [2.75, 3.05) is 0 Å². The summed E-state index contributed by atoms with van der Waals surface area (Å²) < 4.78 is 1.76. The van der Waals surface area contributed by atoms with Crippen LogP contribution in [0.15, 0.2) is 17.3 Å². The Labute approximate surface area is 117 Å². The number of aryl methyl sites for hydroxylation is 1. The molecule has 0 aliphatic heterocycles. The van der Waals surface area contributed by atoms with Gasteiger partial charge in [-0.15, -0.1) is 11.8 Å². The van der Waals surface area contributed by atoms with E-state index < -0.39 is 11.5 Å². The van der Waals surface area contributed by atoms with E-state index in [9.17, 15) is 9.90 Å². The van der Waals surface area contributed by atoms with Gasteiger partial charge in [0.25, 0.3) is 0 Å². The summed E-state index contributed by atoms with van der Waals surface area (Å²) in [5.41, 5.74) is -0.838. The average molecular weight is 283 g/mol. The molecule has 1 heterocycles. The first-order valence-corrected chi connectivity index (χ1v) is 7.43. The molecule has 2 unspecified atom stereocenters. The summed E-state index contributed by atoms with van der Waals surface area (Å²) in [7, 11) is 1.88. The maximum atomic E-state index is 11.5. The lowest BCUT2D eigenvalue weighted by molar-refractivity contribution is -0.144. The summed E-state index contributed by atoms with van der Waals surface area (Å²) in [5.74, 6) is -0.766. The summed E-state index contributed by atoms with van der Waals surface area (Å²) in [6.07, 6.45) is 6.54. The van der Waals surface area contributed by atoms with Crippen LogP contribution in [0, 0.1) is 0 Å². The van der Waals surface area contributed by atoms with Crippen molar-refractivity contribution < 1.29 is 9.90 Å². The molecule has 2 atom stereocenters. The van der Waals surface area contributed by atoms with Gasteiger partial charge in [0.2, 0.25) is 0 Å². The molecule has 1 aliphatic carbocycles. The Morgan fingerprint density at radius 2 is 2.42 bits per heavy atom. The standard InChI is InChI=1S/C13H21N3O2S/c1-9(19-11-7-14-16(3)8-11)6-13(2,12(17)18)15-10-4-5-10/h7-10,15H,4-6H2,1-3H3,(H,17,18). The Kier molecular flexibility index (Phi) is 4.20. The third-order valence-electron chi connectivity index (χ3n) is 3.29. The van der Waals surface area contributed by atoms with Gasteiger partial charge in [0.05, 0.1) is 6.20 Å². The van der Waals surface area contributed by atoms with E-state index in [0.717, 1.165) is 17.7 Å². The predicted octanol–water partition coefficient (Wildman–Crippen LogP) is 1.89. The Hall–Kier alpha value is -1.01. The first kappa shape index (κ1) is 14.4. The van der Waals surface area contributed by atoms with Crippen molar-refractivity contribution in [1.29, 1.82) is 0 Å². The van der Waals surface area contributed by atoms with Gasteiger partial charge in [-0.05, 0) is 26.2 Å². The van der Waals surface area contributed by atoms with Crippen LogP contribution < -0.4 is 5.32 Å². The van der Waals surface area contributed by atoms with Gasteiger partial charge in [-0.25, -0.2) is 0 Å². The smallest absolute Gasteiger partial charge is 0.323 e. The van der Waals surface area contributed by atoms with Gasteiger partial charge in [0.15, 0.2) is 0 Å².